The molecule has 0 saturated heterocycles. The molecule has 0 unspecified atom stereocenters. The van der Waals surface area contributed by atoms with E-state index in [1.165, 1.54) is 0 Å². The van der Waals surface area contributed by atoms with Crippen molar-refractivity contribution in [3.8, 4) is 0 Å². The molecule has 1 heterocycles. The summed E-state index contributed by atoms with van der Waals surface area (Å²) < 4.78 is 3.97. The maximum absolute atomic E-state index is 11.8. The van der Waals surface area contributed by atoms with Crippen molar-refractivity contribution in [3.05, 3.63) is 16.6 Å². The lowest BCUT2D eigenvalue weighted by Crippen LogP contribution is -2.46. The first kappa shape index (κ1) is 17.1. The summed E-state index contributed by atoms with van der Waals surface area (Å²) in [5, 5.41) is 15.5. The van der Waals surface area contributed by atoms with Crippen LogP contribution in [0.1, 0.15) is 36.3 Å². The number of amides is 2. The third kappa shape index (κ3) is 5.50. The van der Waals surface area contributed by atoms with Crippen molar-refractivity contribution in [1.82, 2.24) is 15.0 Å². The molecule has 1 rings (SSSR count). The Morgan fingerprint density at radius 3 is 2.52 bits per heavy atom. The van der Waals surface area contributed by atoms with Crippen LogP contribution in [0.2, 0.25) is 0 Å². The second-order valence-electron chi connectivity index (χ2n) is 5.08. The third-order valence-electron chi connectivity index (χ3n) is 2.74. The predicted octanol–water partition coefficient (Wildman–Crippen LogP) is 0.797. The molecule has 8 heteroatoms. The quantitative estimate of drug-likeness (QED) is 0.690. The zero-order valence-electron chi connectivity index (χ0n) is 12.2. The Kier molecular flexibility index (Phi) is 6.29. The molecule has 0 radical (unpaired) electrons. The topological polar surface area (TPSA) is 108 Å². The van der Waals surface area contributed by atoms with Crippen LogP contribution in [0.15, 0.2) is 5.38 Å². The predicted molar refractivity (Wildman–Crippen MR) is 78.2 cm³/mol. The van der Waals surface area contributed by atoms with Crippen LogP contribution in [0.3, 0.4) is 0 Å². The molecule has 0 saturated carbocycles. The van der Waals surface area contributed by atoms with Gasteiger partial charge in [-0.25, -0.2) is 4.79 Å². The maximum Gasteiger partial charge on any atom is 0.326 e. The van der Waals surface area contributed by atoms with Crippen molar-refractivity contribution in [2.24, 2.45) is 5.92 Å². The van der Waals surface area contributed by atoms with Crippen LogP contribution in [0.4, 0.5) is 0 Å². The molecule has 1 atom stereocenters. The summed E-state index contributed by atoms with van der Waals surface area (Å²) in [6.07, 6.45) is 0.336. The molecule has 0 fully saturated rings. The number of carboxylic acid groups (broad SMARTS) is 1. The summed E-state index contributed by atoms with van der Waals surface area (Å²) in [5.41, 5.74) is 1.02. The average Bonchev–Trinajstić information content (AvgIpc) is 2.81. The lowest BCUT2D eigenvalue weighted by Gasteiger charge is -2.16. The van der Waals surface area contributed by atoms with Crippen LogP contribution < -0.4 is 10.6 Å². The Bertz CT molecular complexity index is 527. The largest absolute Gasteiger partial charge is 0.480 e. The molecule has 1 aromatic rings. The van der Waals surface area contributed by atoms with E-state index in [9.17, 15) is 14.4 Å². The number of carbonyl (C=O) groups is 3. The number of nitrogens with zero attached hydrogens (tertiary/aromatic N) is 1. The number of aromatic nitrogens is 1. The molecule has 2 amide bonds. The van der Waals surface area contributed by atoms with Crippen molar-refractivity contribution in [3.63, 3.8) is 0 Å². The molecule has 3 N–H and O–H groups in total. The van der Waals surface area contributed by atoms with Gasteiger partial charge in [0.1, 0.15) is 6.04 Å². The first-order valence-electron chi connectivity index (χ1n) is 6.52. The van der Waals surface area contributed by atoms with Gasteiger partial charge in [-0.2, -0.15) is 4.37 Å². The van der Waals surface area contributed by atoms with Gasteiger partial charge in [0.2, 0.25) is 5.91 Å². The first-order chi connectivity index (χ1) is 9.81. The van der Waals surface area contributed by atoms with E-state index in [1.54, 1.807) is 12.3 Å². The molecule has 0 aliphatic heterocycles. The van der Waals surface area contributed by atoms with Gasteiger partial charge in [0.15, 0.2) is 0 Å². The number of rotatable bonds is 7. The van der Waals surface area contributed by atoms with E-state index in [4.69, 9.17) is 5.11 Å². The van der Waals surface area contributed by atoms with Gasteiger partial charge in [0.05, 0.1) is 17.8 Å². The zero-order chi connectivity index (χ0) is 16.0. The monoisotopic (exact) mass is 313 g/mol. The number of nitrogens with one attached hydrogen (secondary N) is 2. The minimum absolute atomic E-state index is 0.139. The van der Waals surface area contributed by atoms with E-state index >= 15 is 0 Å². The summed E-state index contributed by atoms with van der Waals surface area (Å²) in [4.78, 5) is 34.5. The summed E-state index contributed by atoms with van der Waals surface area (Å²) in [7, 11) is 0. The van der Waals surface area contributed by atoms with Gasteiger partial charge in [-0.05, 0) is 30.8 Å². The number of carbonyl (C=O) groups excluding carboxylic acids is 2. The summed E-state index contributed by atoms with van der Waals surface area (Å²) in [6, 6.07) is -0.945. The van der Waals surface area contributed by atoms with Gasteiger partial charge >= 0.3 is 5.97 Å². The van der Waals surface area contributed by atoms with E-state index in [2.05, 4.69) is 15.0 Å². The number of carboxylic acids is 1. The lowest BCUT2D eigenvalue weighted by atomic mass is 10.0. The Balaban J connectivity index is 2.48. The molecule has 21 heavy (non-hydrogen) atoms. The van der Waals surface area contributed by atoms with Crippen molar-refractivity contribution >= 4 is 29.3 Å². The van der Waals surface area contributed by atoms with Gasteiger partial charge in [0.25, 0.3) is 5.91 Å². The van der Waals surface area contributed by atoms with Crippen LogP contribution in [-0.2, 0) is 9.59 Å². The Labute approximate surface area is 126 Å². The van der Waals surface area contributed by atoms with Crippen LogP contribution in [-0.4, -0.2) is 39.9 Å². The van der Waals surface area contributed by atoms with Crippen LogP contribution in [0.5, 0.6) is 0 Å². The highest BCUT2D eigenvalue weighted by Crippen LogP contribution is 2.08. The summed E-state index contributed by atoms with van der Waals surface area (Å²) in [5.74, 6) is -1.87. The highest BCUT2D eigenvalue weighted by Gasteiger charge is 2.21. The molecule has 0 aliphatic rings. The van der Waals surface area contributed by atoms with Crippen molar-refractivity contribution in [2.45, 2.75) is 33.2 Å². The number of aryl methyl sites for hydroxylation is 1. The minimum atomic E-state index is -1.08. The molecule has 0 spiro atoms. The maximum atomic E-state index is 11.8. The van der Waals surface area contributed by atoms with E-state index in [0.29, 0.717) is 17.7 Å². The summed E-state index contributed by atoms with van der Waals surface area (Å²) >= 11 is 1.16. The molecular formula is C13H19N3O4S. The highest BCUT2D eigenvalue weighted by molar-refractivity contribution is 7.03. The van der Waals surface area contributed by atoms with E-state index < -0.39 is 23.8 Å². The smallest absolute Gasteiger partial charge is 0.326 e. The highest BCUT2D eigenvalue weighted by atomic mass is 32.1. The normalized spacial score (nSPS) is 12.0. The Morgan fingerprint density at radius 1 is 1.38 bits per heavy atom. The second-order valence-corrected chi connectivity index (χ2v) is 5.71. The van der Waals surface area contributed by atoms with Crippen LogP contribution in [0.25, 0.3) is 0 Å². The SMILES string of the molecule is Cc1nscc1C(=O)NCC(=O)N[C@@H](CC(C)C)C(=O)O. The van der Waals surface area contributed by atoms with Crippen molar-refractivity contribution in [2.75, 3.05) is 6.54 Å². The number of aliphatic carboxylic acids is 1. The van der Waals surface area contributed by atoms with Crippen LogP contribution in [0, 0.1) is 12.8 Å². The standard InChI is InChI=1S/C13H19N3O4S/c1-7(2)4-10(13(19)20)15-11(17)5-14-12(18)9-6-21-16-8(9)3/h6-7,10H,4-5H2,1-3H3,(H,14,18)(H,15,17)(H,19,20)/t10-/m0/s1. The number of hydrogen-bond donors (Lipinski definition) is 3. The average molecular weight is 313 g/mol. The van der Waals surface area contributed by atoms with Gasteiger partial charge in [0, 0.05) is 5.38 Å². The first-order valence-corrected chi connectivity index (χ1v) is 7.36. The number of hydrogen-bond acceptors (Lipinski definition) is 5. The molecule has 7 nitrogen and oxygen atoms in total. The van der Waals surface area contributed by atoms with Gasteiger partial charge in [-0.15, -0.1) is 0 Å². The van der Waals surface area contributed by atoms with Gasteiger partial charge < -0.3 is 15.7 Å². The Morgan fingerprint density at radius 2 is 2.05 bits per heavy atom. The summed E-state index contributed by atoms with van der Waals surface area (Å²) in [6.45, 7) is 5.18. The Hall–Kier alpha value is -1.96. The van der Waals surface area contributed by atoms with Crippen molar-refractivity contribution in [1.29, 1.82) is 0 Å². The molecule has 0 bridgehead atoms. The van der Waals surface area contributed by atoms with E-state index in [-0.39, 0.29) is 12.5 Å². The lowest BCUT2D eigenvalue weighted by molar-refractivity contribution is -0.142. The van der Waals surface area contributed by atoms with Gasteiger partial charge in [-0.1, -0.05) is 13.8 Å². The minimum Gasteiger partial charge on any atom is -0.480 e. The van der Waals surface area contributed by atoms with E-state index in [0.717, 1.165) is 11.5 Å². The molecule has 1 aromatic heterocycles. The molecule has 116 valence electrons. The third-order valence-corrected chi connectivity index (χ3v) is 3.46. The molecular weight excluding hydrogens is 294 g/mol. The van der Waals surface area contributed by atoms with E-state index in [1.807, 2.05) is 13.8 Å². The fraction of sp³-hybridized carbons (Fsp3) is 0.538. The fourth-order valence-electron chi connectivity index (χ4n) is 1.70. The zero-order valence-corrected chi connectivity index (χ0v) is 13.0. The van der Waals surface area contributed by atoms with Crippen molar-refractivity contribution < 1.29 is 19.5 Å². The molecule has 0 aromatic carbocycles. The fourth-order valence-corrected chi connectivity index (χ4v) is 2.40. The second kappa shape index (κ2) is 7.72. The van der Waals surface area contributed by atoms with Gasteiger partial charge in [-0.3, -0.25) is 9.59 Å². The molecule has 0 aliphatic carbocycles. The van der Waals surface area contributed by atoms with Crippen LogP contribution >= 0.6 is 11.5 Å².